The highest BCUT2D eigenvalue weighted by molar-refractivity contribution is 5.91. The van der Waals surface area contributed by atoms with Crippen LogP contribution in [0, 0.1) is 0 Å². The highest BCUT2D eigenvalue weighted by Gasteiger charge is 2.32. The normalized spacial score (nSPS) is 11.5. The Morgan fingerprint density at radius 3 is 2.38 bits per heavy atom. The highest BCUT2D eigenvalue weighted by Crippen LogP contribution is 2.26. The van der Waals surface area contributed by atoms with Gasteiger partial charge < -0.3 is 9.64 Å². The maximum atomic E-state index is 12.4. The molecule has 0 aromatic heterocycles. The van der Waals surface area contributed by atoms with Crippen LogP contribution in [0.5, 0.6) is 5.75 Å². The van der Waals surface area contributed by atoms with Crippen LogP contribution in [0.3, 0.4) is 0 Å². The summed E-state index contributed by atoms with van der Waals surface area (Å²) in [6.07, 6.45) is -1.74. The van der Waals surface area contributed by atoms with E-state index in [0.717, 1.165) is 5.56 Å². The van der Waals surface area contributed by atoms with E-state index in [1.165, 1.54) is 36.2 Å². The van der Waals surface area contributed by atoms with E-state index in [4.69, 9.17) is 0 Å². The summed E-state index contributed by atoms with van der Waals surface area (Å²) in [4.78, 5) is 13.4. The standard InChI is InChI=1S/C18H16F3NO2/c1-22(17(23)12-11-14-7-3-2-4-8-14)13-15-9-5-6-10-16(15)24-18(19,20)21/h2-12H,13H2,1H3/b12-11+. The maximum Gasteiger partial charge on any atom is 0.573 e. The Hall–Kier alpha value is -2.76. The molecule has 0 atom stereocenters. The molecular weight excluding hydrogens is 319 g/mol. The van der Waals surface area contributed by atoms with E-state index in [-0.39, 0.29) is 23.8 Å². The minimum atomic E-state index is -4.77. The number of hydrogen-bond acceptors (Lipinski definition) is 2. The van der Waals surface area contributed by atoms with Crippen LogP contribution in [0.25, 0.3) is 6.08 Å². The Morgan fingerprint density at radius 1 is 1.08 bits per heavy atom. The van der Waals surface area contributed by atoms with Gasteiger partial charge >= 0.3 is 6.36 Å². The van der Waals surface area contributed by atoms with Gasteiger partial charge in [-0.1, -0.05) is 48.5 Å². The van der Waals surface area contributed by atoms with Gasteiger partial charge in [0.15, 0.2) is 0 Å². The second-order valence-corrected chi connectivity index (χ2v) is 5.09. The second kappa shape index (κ2) is 7.68. The molecule has 0 aliphatic carbocycles. The molecule has 3 nitrogen and oxygen atoms in total. The minimum Gasteiger partial charge on any atom is -0.405 e. The van der Waals surface area contributed by atoms with Crippen molar-refractivity contribution in [3.05, 3.63) is 71.8 Å². The molecule has 0 aliphatic heterocycles. The van der Waals surface area contributed by atoms with E-state index >= 15 is 0 Å². The second-order valence-electron chi connectivity index (χ2n) is 5.09. The van der Waals surface area contributed by atoms with Crippen LogP contribution in [-0.4, -0.2) is 24.2 Å². The first kappa shape index (κ1) is 17.6. The predicted octanol–water partition coefficient (Wildman–Crippen LogP) is 4.26. The number of carbonyl (C=O) groups is 1. The van der Waals surface area contributed by atoms with Crippen LogP contribution in [-0.2, 0) is 11.3 Å². The molecule has 0 N–H and O–H groups in total. The molecule has 2 aromatic carbocycles. The molecular formula is C18H16F3NO2. The first-order valence-corrected chi connectivity index (χ1v) is 7.17. The van der Waals surface area contributed by atoms with Crippen molar-refractivity contribution in [2.24, 2.45) is 0 Å². The summed E-state index contributed by atoms with van der Waals surface area (Å²) in [7, 11) is 1.52. The molecule has 0 fully saturated rings. The molecule has 0 saturated carbocycles. The molecule has 24 heavy (non-hydrogen) atoms. The summed E-state index contributed by atoms with van der Waals surface area (Å²) < 4.78 is 41.2. The van der Waals surface area contributed by atoms with Crippen molar-refractivity contribution in [1.29, 1.82) is 0 Å². The molecule has 0 heterocycles. The average molecular weight is 335 g/mol. The zero-order valence-electron chi connectivity index (χ0n) is 13.0. The first-order chi connectivity index (χ1) is 11.3. The van der Waals surface area contributed by atoms with Crippen LogP contribution in [0.2, 0.25) is 0 Å². The van der Waals surface area contributed by atoms with Gasteiger partial charge in [-0.2, -0.15) is 0 Å². The minimum absolute atomic E-state index is 0.00418. The molecule has 0 saturated heterocycles. The number of benzene rings is 2. The van der Waals surface area contributed by atoms with Crippen LogP contribution >= 0.6 is 0 Å². The first-order valence-electron chi connectivity index (χ1n) is 7.17. The summed E-state index contributed by atoms with van der Waals surface area (Å²) in [5.74, 6) is -0.627. The van der Waals surface area contributed by atoms with Crippen molar-refractivity contribution in [1.82, 2.24) is 4.90 Å². The fourth-order valence-electron chi connectivity index (χ4n) is 2.05. The van der Waals surface area contributed by atoms with Gasteiger partial charge in [0.1, 0.15) is 5.75 Å². The highest BCUT2D eigenvalue weighted by atomic mass is 19.4. The Morgan fingerprint density at radius 2 is 1.71 bits per heavy atom. The van der Waals surface area contributed by atoms with Gasteiger partial charge in [-0.3, -0.25) is 4.79 Å². The van der Waals surface area contributed by atoms with Gasteiger partial charge in [-0.05, 0) is 17.7 Å². The van der Waals surface area contributed by atoms with Crippen molar-refractivity contribution in [3.8, 4) is 5.75 Å². The lowest BCUT2D eigenvalue weighted by atomic mass is 10.2. The van der Waals surface area contributed by atoms with Crippen LogP contribution in [0.15, 0.2) is 60.7 Å². The molecule has 0 radical (unpaired) electrons. The van der Waals surface area contributed by atoms with Crippen molar-refractivity contribution in [2.75, 3.05) is 7.05 Å². The molecule has 0 aliphatic rings. The van der Waals surface area contributed by atoms with Crippen LogP contribution in [0.4, 0.5) is 13.2 Å². The van der Waals surface area contributed by atoms with Gasteiger partial charge in [-0.25, -0.2) is 0 Å². The van der Waals surface area contributed by atoms with E-state index in [2.05, 4.69) is 4.74 Å². The fraction of sp³-hybridized carbons (Fsp3) is 0.167. The molecule has 0 unspecified atom stereocenters. The third-order valence-corrected chi connectivity index (χ3v) is 3.20. The Labute approximate surface area is 138 Å². The average Bonchev–Trinajstić information content (AvgIpc) is 2.54. The van der Waals surface area contributed by atoms with Gasteiger partial charge in [0.25, 0.3) is 0 Å². The quantitative estimate of drug-likeness (QED) is 0.764. The smallest absolute Gasteiger partial charge is 0.405 e. The summed E-state index contributed by atoms with van der Waals surface area (Å²) in [6, 6.07) is 15.0. The van der Waals surface area contributed by atoms with Crippen molar-refractivity contribution in [3.63, 3.8) is 0 Å². The molecule has 2 aromatic rings. The topological polar surface area (TPSA) is 29.5 Å². The van der Waals surface area contributed by atoms with Crippen molar-refractivity contribution < 1.29 is 22.7 Å². The zero-order chi connectivity index (χ0) is 17.6. The maximum absolute atomic E-state index is 12.4. The van der Waals surface area contributed by atoms with Crippen LogP contribution in [0.1, 0.15) is 11.1 Å². The summed E-state index contributed by atoms with van der Waals surface area (Å²) in [5.41, 5.74) is 1.14. The zero-order valence-corrected chi connectivity index (χ0v) is 13.0. The summed E-state index contributed by atoms with van der Waals surface area (Å²) in [5, 5.41) is 0. The van der Waals surface area contributed by atoms with Crippen molar-refractivity contribution in [2.45, 2.75) is 12.9 Å². The van der Waals surface area contributed by atoms with E-state index in [9.17, 15) is 18.0 Å². The number of carbonyl (C=O) groups excluding carboxylic acids is 1. The Balaban J connectivity index is 2.05. The van der Waals surface area contributed by atoms with Gasteiger partial charge in [-0.15, -0.1) is 13.2 Å². The monoisotopic (exact) mass is 335 g/mol. The van der Waals surface area contributed by atoms with E-state index in [1.807, 2.05) is 30.3 Å². The number of nitrogens with zero attached hydrogens (tertiary/aromatic N) is 1. The lowest BCUT2D eigenvalue weighted by Crippen LogP contribution is -2.25. The third-order valence-electron chi connectivity index (χ3n) is 3.20. The predicted molar refractivity (Wildman–Crippen MR) is 85.1 cm³/mol. The van der Waals surface area contributed by atoms with Gasteiger partial charge in [0.05, 0.1) is 0 Å². The number of amides is 1. The van der Waals surface area contributed by atoms with E-state index in [0.29, 0.717) is 0 Å². The number of hydrogen-bond donors (Lipinski definition) is 0. The largest absolute Gasteiger partial charge is 0.573 e. The number of ether oxygens (including phenoxy) is 1. The molecule has 2 rings (SSSR count). The van der Waals surface area contributed by atoms with E-state index in [1.54, 1.807) is 12.1 Å². The molecule has 0 bridgehead atoms. The summed E-state index contributed by atoms with van der Waals surface area (Å²) in [6.45, 7) is 0.00418. The number of para-hydroxylation sites is 1. The third kappa shape index (κ3) is 5.46. The molecule has 6 heteroatoms. The van der Waals surface area contributed by atoms with Gasteiger partial charge in [0.2, 0.25) is 5.91 Å². The van der Waals surface area contributed by atoms with Gasteiger partial charge in [0, 0.05) is 25.2 Å². The van der Waals surface area contributed by atoms with Crippen LogP contribution < -0.4 is 4.74 Å². The lowest BCUT2D eigenvalue weighted by molar-refractivity contribution is -0.275. The summed E-state index contributed by atoms with van der Waals surface area (Å²) >= 11 is 0. The molecule has 1 amide bonds. The Bertz CT molecular complexity index is 712. The Kier molecular flexibility index (Phi) is 5.63. The lowest BCUT2D eigenvalue weighted by Gasteiger charge is -2.18. The number of likely N-dealkylation sites (N-methyl/N-ethyl adjacent to an activating group) is 1. The van der Waals surface area contributed by atoms with E-state index < -0.39 is 6.36 Å². The fourth-order valence-corrected chi connectivity index (χ4v) is 2.05. The number of halogens is 3. The SMILES string of the molecule is CN(Cc1ccccc1OC(F)(F)F)C(=O)/C=C/c1ccccc1. The number of rotatable bonds is 5. The van der Waals surface area contributed by atoms with Crippen molar-refractivity contribution >= 4 is 12.0 Å². The molecule has 0 spiro atoms. The molecule has 126 valence electrons. The number of alkyl halides is 3.